The van der Waals surface area contributed by atoms with Gasteiger partial charge in [-0.2, -0.15) is 0 Å². The quantitative estimate of drug-likeness (QED) is 0.593. The summed E-state index contributed by atoms with van der Waals surface area (Å²) < 4.78 is 30.2. The number of benzene rings is 2. The Bertz CT molecular complexity index is 734. The molecule has 0 heterocycles. The lowest BCUT2D eigenvalue weighted by Gasteiger charge is -2.09. The van der Waals surface area contributed by atoms with Crippen LogP contribution < -0.4 is 4.74 Å². The summed E-state index contributed by atoms with van der Waals surface area (Å²) in [5, 5.41) is 0. The minimum atomic E-state index is -3.19. The van der Waals surface area contributed by atoms with E-state index < -0.39 is 9.84 Å². The molecule has 2 aromatic rings. The first-order valence-electron chi connectivity index (χ1n) is 8.54. The number of para-hydroxylation sites is 1. The molecular formula is C20H26O3S. The molecule has 2 aromatic carbocycles. The predicted octanol–water partition coefficient (Wildman–Crippen LogP) is 5.11. The van der Waals surface area contributed by atoms with Crippen LogP contribution in [0.15, 0.2) is 53.4 Å². The normalized spacial score (nSPS) is 11.4. The van der Waals surface area contributed by atoms with Crippen LogP contribution in [-0.4, -0.2) is 21.3 Å². The van der Waals surface area contributed by atoms with Gasteiger partial charge in [0.15, 0.2) is 9.84 Å². The average molecular weight is 346 g/mol. The fourth-order valence-corrected chi connectivity index (χ4v) is 4.11. The third-order valence-corrected chi connectivity index (χ3v) is 5.96. The molecule has 0 amide bonds. The Balaban J connectivity index is 2.08. The Kier molecular flexibility index (Phi) is 6.85. The van der Waals surface area contributed by atoms with Gasteiger partial charge in [0.2, 0.25) is 0 Å². The Hall–Kier alpha value is -1.81. The van der Waals surface area contributed by atoms with Gasteiger partial charge in [0.1, 0.15) is 5.75 Å². The fraction of sp³-hybridized carbons (Fsp3) is 0.400. The smallest absolute Gasteiger partial charge is 0.178 e. The summed E-state index contributed by atoms with van der Waals surface area (Å²) in [6.07, 6.45) is 5.16. The molecule has 0 bridgehead atoms. The van der Waals surface area contributed by atoms with Crippen LogP contribution in [0.1, 0.15) is 39.0 Å². The topological polar surface area (TPSA) is 43.4 Å². The molecule has 0 aliphatic heterocycles. The molecule has 0 radical (unpaired) electrons. The first-order valence-corrected chi connectivity index (χ1v) is 10.2. The third kappa shape index (κ3) is 4.84. The average Bonchev–Trinajstić information content (AvgIpc) is 2.61. The number of hydrogen-bond donors (Lipinski definition) is 0. The lowest BCUT2D eigenvalue weighted by atomic mass is 10.1. The zero-order valence-corrected chi connectivity index (χ0v) is 15.3. The molecule has 2 rings (SSSR count). The van der Waals surface area contributed by atoms with Crippen molar-refractivity contribution in [3.05, 3.63) is 48.5 Å². The highest BCUT2D eigenvalue weighted by Gasteiger charge is 2.14. The van der Waals surface area contributed by atoms with Gasteiger partial charge in [-0.25, -0.2) is 8.42 Å². The van der Waals surface area contributed by atoms with E-state index in [0.29, 0.717) is 4.90 Å². The molecule has 24 heavy (non-hydrogen) atoms. The van der Waals surface area contributed by atoms with Gasteiger partial charge in [0.25, 0.3) is 0 Å². The molecule has 0 atom stereocenters. The molecule has 0 N–H and O–H groups in total. The van der Waals surface area contributed by atoms with E-state index in [1.165, 1.54) is 6.42 Å². The van der Waals surface area contributed by atoms with Crippen molar-refractivity contribution < 1.29 is 13.2 Å². The minimum Gasteiger partial charge on any atom is -0.496 e. The Labute approximate surface area is 145 Å². The molecular weight excluding hydrogens is 320 g/mol. The monoisotopic (exact) mass is 346 g/mol. The summed E-state index contributed by atoms with van der Waals surface area (Å²) in [5.41, 5.74) is 1.91. The summed E-state index contributed by atoms with van der Waals surface area (Å²) in [6.45, 7) is 2.15. The van der Waals surface area contributed by atoms with Crippen molar-refractivity contribution in [3.63, 3.8) is 0 Å². The number of rotatable bonds is 9. The molecule has 0 unspecified atom stereocenters. The highest BCUT2D eigenvalue weighted by Crippen LogP contribution is 2.30. The number of sulfone groups is 1. The van der Waals surface area contributed by atoms with E-state index in [2.05, 4.69) is 6.92 Å². The summed E-state index contributed by atoms with van der Waals surface area (Å²) in [7, 11) is -1.56. The van der Waals surface area contributed by atoms with Crippen LogP contribution in [0.2, 0.25) is 0 Å². The minimum absolute atomic E-state index is 0.227. The van der Waals surface area contributed by atoms with E-state index >= 15 is 0 Å². The molecule has 0 spiro atoms. The molecule has 0 aromatic heterocycles. The van der Waals surface area contributed by atoms with Crippen LogP contribution >= 0.6 is 0 Å². The van der Waals surface area contributed by atoms with E-state index in [9.17, 15) is 8.42 Å². The number of ether oxygens (including phenoxy) is 1. The Morgan fingerprint density at radius 3 is 2.21 bits per heavy atom. The van der Waals surface area contributed by atoms with Gasteiger partial charge in [-0.1, -0.05) is 62.9 Å². The maximum absolute atomic E-state index is 12.4. The van der Waals surface area contributed by atoms with Crippen LogP contribution in [0, 0.1) is 0 Å². The van der Waals surface area contributed by atoms with Crippen LogP contribution in [-0.2, 0) is 9.84 Å². The van der Waals surface area contributed by atoms with Crippen LogP contribution in [0.4, 0.5) is 0 Å². The molecule has 0 fully saturated rings. The van der Waals surface area contributed by atoms with Crippen molar-refractivity contribution in [2.24, 2.45) is 0 Å². The van der Waals surface area contributed by atoms with E-state index in [1.54, 1.807) is 19.2 Å². The second kappa shape index (κ2) is 8.88. The van der Waals surface area contributed by atoms with Gasteiger partial charge in [0, 0.05) is 5.56 Å². The van der Waals surface area contributed by atoms with Gasteiger partial charge in [0.05, 0.1) is 17.8 Å². The van der Waals surface area contributed by atoms with E-state index in [-0.39, 0.29) is 5.75 Å². The maximum Gasteiger partial charge on any atom is 0.178 e. The van der Waals surface area contributed by atoms with Crippen molar-refractivity contribution in [1.29, 1.82) is 0 Å². The van der Waals surface area contributed by atoms with Crippen molar-refractivity contribution >= 4 is 9.84 Å². The van der Waals surface area contributed by atoms with Crippen LogP contribution in [0.25, 0.3) is 11.1 Å². The lowest BCUT2D eigenvalue weighted by Crippen LogP contribution is -2.06. The van der Waals surface area contributed by atoms with Crippen LogP contribution in [0.3, 0.4) is 0 Å². The zero-order chi connectivity index (χ0) is 17.4. The summed E-state index contributed by atoms with van der Waals surface area (Å²) in [4.78, 5) is 0.400. The van der Waals surface area contributed by atoms with Gasteiger partial charge in [-0.05, 0) is 30.2 Å². The first-order chi connectivity index (χ1) is 11.6. The third-order valence-electron chi connectivity index (χ3n) is 4.15. The van der Waals surface area contributed by atoms with Gasteiger partial charge >= 0.3 is 0 Å². The number of methoxy groups -OCH3 is 1. The zero-order valence-electron chi connectivity index (χ0n) is 14.5. The fourth-order valence-electron chi connectivity index (χ4n) is 2.74. The van der Waals surface area contributed by atoms with E-state index in [4.69, 9.17) is 4.74 Å². The Morgan fingerprint density at radius 1 is 0.875 bits per heavy atom. The molecule has 0 saturated heterocycles. The van der Waals surface area contributed by atoms with Crippen molar-refractivity contribution in [2.75, 3.05) is 12.9 Å². The maximum atomic E-state index is 12.4. The SMILES string of the molecule is CCCCCCCS(=O)(=O)c1ccc(-c2ccccc2OC)cc1. The number of unbranched alkanes of at least 4 members (excludes halogenated alkanes) is 4. The molecule has 0 aliphatic carbocycles. The van der Waals surface area contributed by atoms with Gasteiger partial charge in [-0.15, -0.1) is 0 Å². The molecule has 130 valence electrons. The summed E-state index contributed by atoms with van der Waals surface area (Å²) >= 11 is 0. The highest BCUT2D eigenvalue weighted by atomic mass is 32.2. The molecule has 4 heteroatoms. The lowest BCUT2D eigenvalue weighted by molar-refractivity contribution is 0.416. The van der Waals surface area contributed by atoms with E-state index in [1.807, 2.05) is 36.4 Å². The second-order valence-corrected chi connectivity index (χ2v) is 8.07. The second-order valence-electron chi connectivity index (χ2n) is 5.96. The molecule has 3 nitrogen and oxygen atoms in total. The van der Waals surface area contributed by atoms with Gasteiger partial charge in [-0.3, -0.25) is 0 Å². The standard InChI is InChI=1S/C20H26O3S/c1-3-4-5-6-9-16-24(21,22)18-14-12-17(13-15-18)19-10-7-8-11-20(19)23-2/h7-8,10-15H,3-6,9,16H2,1-2H3. The van der Waals surface area contributed by atoms with Gasteiger partial charge < -0.3 is 4.74 Å². The molecule has 0 saturated carbocycles. The largest absolute Gasteiger partial charge is 0.496 e. The molecule has 0 aliphatic rings. The van der Waals surface area contributed by atoms with Crippen molar-refractivity contribution in [3.8, 4) is 16.9 Å². The highest BCUT2D eigenvalue weighted by molar-refractivity contribution is 7.91. The van der Waals surface area contributed by atoms with Crippen LogP contribution in [0.5, 0.6) is 5.75 Å². The van der Waals surface area contributed by atoms with Crippen molar-refractivity contribution in [2.45, 2.75) is 43.9 Å². The predicted molar refractivity (Wildman–Crippen MR) is 99.2 cm³/mol. The first kappa shape index (κ1) is 18.5. The Morgan fingerprint density at radius 2 is 1.54 bits per heavy atom. The summed E-state index contributed by atoms with van der Waals surface area (Å²) in [6, 6.07) is 14.8. The number of hydrogen-bond acceptors (Lipinski definition) is 3. The van der Waals surface area contributed by atoms with Crippen molar-refractivity contribution in [1.82, 2.24) is 0 Å². The summed E-state index contributed by atoms with van der Waals surface area (Å²) in [5.74, 6) is 1.01. The van der Waals surface area contributed by atoms with E-state index in [0.717, 1.165) is 42.6 Å².